The molecule has 2 rings (SSSR count). The first kappa shape index (κ1) is 13.9. The molecule has 100 valence electrons. The van der Waals surface area contributed by atoms with Gasteiger partial charge in [0.1, 0.15) is 5.82 Å². The van der Waals surface area contributed by atoms with Crippen LogP contribution in [0.15, 0.2) is 36.4 Å². The van der Waals surface area contributed by atoms with E-state index in [2.05, 4.69) is 5.32 Å². The second-order valence-electron chi connectivity index (χ2n) is 4.83. The summed E-state index contributed by atoms with van der Waals surface area (Å²) in [6, 6.07) is 11.1. The van der Waals surface area contributed by atoms with Gasteiger partial charge in [-0.15, -0.1) is 0 Å². The lowest BCUT2D eigenvalue weighted by atomic mass is 10.1. The van der Waals surface area contributed by atoms with Gasteiger partial charge in [-0.2, -0.15) is 0 Å². The van der Waals surface area contributed by atoms with E-state index in [0.717, 1.165) is 21.8 Å². The number of hydrogen-bond acceptors (Lipinski definition) is 1. The van der Waals surface area contributed by atoms with Gasteiger partial charge in [-0.05, 0) is 61.7 Å². The standard InChI is InChI=1S/C16H17ClFN/c1-10-4-5-13(9-15(10)18)12(3)19-16-7-6-14(17)8-11(16)2/h4-9,12,19H,1-3H3. The Morgan fingerprint density at radius 1 is 1.05 bits per heavy atom. The zero-order valence-corrected chi connectivity index (χ0v) is 12.1. The fourth-order valence-corrected chi connectivity index (χ4v) is 2.21. The normalized spacial score (nSPS) is 12.3. The van der Waals surface area contributed by atoms with Crippen LogP contribution in [-0.4, -0.2) is 0 Å². The van der Waals surface area contributed by atoms with Gasteiger partial charge in [0, 0.05) is 16.8 Å². The fraction of sp³-hybridized carbons (Fsp3) is 0.250. The van der Waals surface area contributed by atoms with Crippen LogP contribution in [0.4, 0.5) is 10.1 Å². The molecule has 2 aromatic rings. The monoisotopic (exact) mass is 277 g/mol. The van der Waals surface area contributed by atoms with Gasteiger partial charge in [-0.25, -0.2) is 4.39 Å². The molecular weight excluding hydrogens is 261 g/mol. The Hall–Kier alpha value is -1.54. The average Bonchev–Trinajstić information content (AvgIpc) is 2.36. The van der Waals surface area contributed by atoms with Crippen molar-refractivity contribution >= 4 is 17.3 Å². The highest BCUT2D eigenvalue weighted by atomic mass is 35.5. The largest absolute Gasteiger partial charge is 0.378 e. The molecule has 1 unspecified atom stereocenters. The summed E-state index contributed by atoms with van der Waals surface area (Å²) in [6.45, 7) is 5.77. The highest BCUT2D eigenvalue weighted by Gasteiger charge is 2.09. The van der Waals surface area contributed by atoms with E-state index in [1.54, 1.807) is 19.1 Å². The molecule has 0 aliphatic heterocycles. The first-order valence-electron chi connectivity index (χ1n) is 6.26. The minimum Gasteiger partial charge on any atom is -0.378 e. The molecule has 0 saturated carbocycles. The molecule has 0 bridgehead atoms. The summed E-state index contributed by atoms with van der Waals surface area (Å²) < 4.78 is 13.6. The summed E-state index contributed by atoms with van der Waals surface area (Å²) in [5.74, 6) is -0.168. The van der Waals surface area contributed by atoms with Crippen LogP contribution in [-0.2, 0) is 0 Å². The molecule has 0 spiro atoms. The van der Waals surface area contributed by atoms with Crippen LogP contribution in [0.1, 0.15) is 29.7 Å². The maximum absolute atomic E-state index is 13.6. The predicted molar refractivity (Wildman–Crippen MR) is 79.4 cm³/mol. The maximum Gasteiger partial charge on any atom is 0.126 e. The molecule has 0 aliphatic rings. The number of aryl methyl sites for hydroxylation is 2. The molecule has 0 saturated heterocycles. The minimum atomic E-state index is -0.168. The number of anilines is 1. The summed E-state index contributed by atoms with van der Waals surface area (Å²) in [7, 11) is 0. The zero-order valence-electron chi connectivity index (χ0n) is 11.3. The van der Waals surface area contributed by atoms with Gasteiger partial charge in [0.25, 0.3) is 0 Å². The number of halogens is 2. The Labute approximate surface area is 118 Å². The summed E-state index contributed by atoms with van der Waals surface area (Å²) in [5, 5.41) is 4.09. The van der Waals surface area contributed by atoms with E-state index in [9.17, 15) is 4.39 Å². The van der Waals surface area contributed by atoms with Crippen LogP contribution in [0.5, 0.6) is 0 Å². The Bertz CT molecular complexity index is 595. The molecule has 19 heavy (non-hydrogen) atoms. The molecule has 0 heterocycles. The van der Waals surface area contributed by atoms with Crippen LogP contribution < -0.4 is 5.32 Å². The van der Waals surface area contributed by atoms with Gasteiger partial charge in [0.15, 0.2) is 0 Å². The van der Waals surface area contributed by atoms with E-state index in [1.165, 1.54) is 0 Å². The Kier molecular flexibility index (Phi) is 4.11. The summed E-state index contributed by atoms with van der Waals surface area (Å²) in [4.78, 5) is 0. The van der Waals surface area contributed by atoms with Gasteiger partial charge in [0.05, 0.1) is 0 Å². The molecule has 3 heteroatoms. The van der Waals surface area contributed by atoms with Crippen LogP contribution in [0.3, 0.4) is 0 Å². The van der Waals surface area contributed by atoms with E-state index >= 15 is 0 Å². The van der Waals surface area contributed by atoms with Crippen molar-refractivity contribution in [2.45, 2.75) is 26.8 Å². The first-order chi connectivity index (χ1) is 8.97. The third kappa shape index (κ3) is 3.27. The van der Waals surface area contributed by atoms with Crippen LogP contribution in [0.2, 0.25) is 5.02 Å². The Morgan fingerprint density at radius 3 is 2.42 bits per heavy atom. The SMILES string of the molecule is Cc1ccc(C(C)Nc2ccc(Cl)cc2C)cc1F. The summed E-state index contributed by atoms with van der Waals surface area (Å²) in [6.07, 6.45) is 0. The number of hydrogen-bond donors (Lipinski definition) is 1. The molecular formula is C16H17ClFN. The molecule has 1 N–H and O–H groups in total. The average molecular weight is 278 g/mol. The summed E-state index contributed by atoms with van der Waals surface area (Å²) in [5.41, 5.74) is 3.68. The third-order valence-corrected chi connectivity index (χ3v) is 3.49. The second kappa shape index (κ2) is 5.62. The number of benzene rings is 2. The topological polar surface area (TPSA) is 12.0 Å². The first-order valence-corrected chi connectivity index (χ1v) is 6.64. The van der Waals surface area contributed by atoms with E-state index in [-0.39, 0.29) is 11.9 Å². The van der Waals surface area contributed by atoms with Crippen molar-refractivity contribution < 1.29 is 4.39 Å². The highest BCUT2D eigenvalue weighted by molar-refractivity contribution is 6.30. The molecule has 0 radical (unpaired) electrons. The number of nitrogens with one attached hydrogen (secondary N) is 1. The third-order valence-electron chi connectivity index (χ3n) is 3.26. The fourth-order valence-electron chi connectivity index (χ4n) is 1.98. The van der Waals surface area contributed by atoms with Crippen molar-refractivity contribution in [1.82, 2.24) is 0 Å². The molecule has 2 aromatic carbocycles. The number of rotatable bonds is 3. The van der Waals surface area contributed by atoms with Crippen molar-refractivity contribution in [3.8, 4) is 0 Å². The van der Waals surface area contributed by atoms with E-state index in [1.807, 2.05) is 38.1 Å². The van der Waals surface area contributed by atoms with Crippen LogP contribution >= 0.6 is 11.6 Å². The zero-order chi connectivity index (χ0) is 14.0. The molecule has 0 amide bonds. The Morgan fingerprint density at radius 2 is 1.79 bits per heavy atom. The van der Waals surface area contributed by atoms with Crippen LogP contribution in [0.25, 0.3) is 0 Å². The molecule has 1 atom stereocenters. The quantitative estimate of drug-likeness (QED) is 0.806. The van der Waals surface area contributed by atoms with E-state index in [0.29, 0.717) is 5.56 Å². The lowest BCUT2D eigenvalue weighted by molar-refractivity contribution is 0.614. The lowest BCUT2D eigenvalue weighted by Gasteiger charge is -2.18. The molecule has 0 aromatic heterocycles. The van der Waals surface area contributed by atoms with Gasteiger partial charge in [-0.3, -0.25) is 0 Å². The van der Waals surface area contributed by atoms with Gasteiger partial charge < -0.3 is 5.32 Å². The maximum atomic E-state index is 13.6. The van der Waals surface area contributed by atoms with Crippen LogP contribution in [0, 0.1) is 19.7 Å². The molecule has 0 aliphatic carbocycles. The smallest absolute Gasteiger partial charge is 0.126 e. The summed E-state index contributed by atoms with van der Waals surface area (Å²) >= 11 is 5.93. The Balaban J connectivity index is 2.20. The van der Waals surface area contributed by atoms with E-state index in [4.69, 9.17) is 11.6 Å². The second-order valence-corrected chi connectivity index (χ2v) is 5.27. The molecule has 1 nitrogen and oxygen atoms in total. The lowest BCUT2D eigenvalue weighted by Crippen LogP contribution is -2.08. The molecule has 0 fully saturated rings. The van der Waals surface area contributed by atoms with Crippen molar-refractivity contribution in [1.29, 1.82) is 0 Å². The highest BCUT2D eigenvalue weighted by Crippen LogP contribution is 2.25. The van der Waals surface area contributed by atoms with E-state index < -0.39 is 0 Å². The minimum absolute atomic E-state index is 0.0370. The van der Waals surface area contributed by atoms with Crippen molar-refractivity contribution in [2.75, 3.05) is 5.32 Å². The van der Waals surface area contributed by atoms with Gasteiger partial charge >= 0.3 is 0 Å². The van der Waals surface area contributed by atoms with Gasteiger partial charge in [0.2, 0.25) is 0 Å². The predicted octanol–water partition coefficient (Wildman–Crippen LogP) is 5.27. The van der Waals surface area contributed by atoms with Crippen molar-refractivity contribution in [3.05, 3.63) is 63.9 Å². The van der Waals surface area contributed by atoms with Crippen molar-refractivity contribution in [2.24, 2.45) is 0 Å². The van der Waals surface area contributed by atoms with Gasteiger partial charge in [-0.1, -0.05) is 23.7 Å². The van der Waals surface area contributed by atoms with Crippen molar-refractivity contribution in [3.63, 3.8) is 0 Å².